The second-order valence-corrected chi connectivity index (χ2v) is 10.3. The number of carbonyl (C=O) groups is 1. The molecule has 0 aliphatic heterocycles. The zero-order chi connectivity index (χ0) is 27.6. The number of benzene rings is 3. The molecule has 0 spiro atoms. The van der Waals surface area contributed by atoms with E-state index >= 15 is 0 Å². The first-order valence-corrected chi connectivity index (χ1v) is 13.1. The molecule has 4 aromatic rings. The smallest absolute Gasteiger partial charge is 0.266 e. The van der Waals surface area contributed by atoms with Crippen LogP contribution in [0.5, 0.6) is 0 Å². The Bertz CT molecular complexity index is 1560. The van der Waals surface area contributed by atoms with Gasteiger partial charge in [0.25, 0.3) is 11.5 Å². The summed E-state index contributed by atoms with van der Waals surface area (Å²) in [6.07, 6.45) is 0.435. The van der Waals surface area contributed by atoms with Crippen molar-refractivity contribution in [1.29, 1.82) is 0 Å². The highest BCUT2D eigenvalue weighted by molar-refractivity contribution is 6.36. The zero-order valence-corrected chi connectivity index (χ0v) is 23.4. The molecule has 1 amide bonds. The van der Waals surface area contributed by atoms with Crippen LogP contribution in [0, 0.1) is 5.82 Å². The van der Waals surface area contributed by atoms with Gasteiger partial charge in [-0.3, -0.25) is 14.2 Å². The van der Waals surface area contributed by atoms with Crippen LogP contribution in [0.2, 0.25) is 15.1 Å². The number of likely N-dealkylation sites (N-methyl/N-ethyl adjacent to an activating group) is 1. The summed E-state index contributed by atoms with van der Waals surface area (Å²) in [6, 6.07) is 15.1. The molecule has 1 aromatic heterocycles. The first kappa shape index (κ1) is 28.0. The van der Waals surface area contributed by atoms with Gasteiger partial charge in [-0.05, 0) is 69.0 Å². The Labute approximate surface area is 235 Å². The summed E-state index contributed by atoms with van der Waals surface area (Å²) in [6.45, 7) is 2.79. The van der Waals surface area contributed by atoms with Crippen LogP contribution in [0.1, 0.15) is 35.6 Å². The largest absolute Gasteiger partial charge is 0.327 e. The van der Waals surface area contributed by atoms with Gasteiger partial charge in [-0.2, -0.15) is 0 Å². The molecule has 0 fully saturated rings. The molecular formula is C28H26Cl3FN4O2. The zero-order valence-electron chi connectivity index (χ0n) is 21.1. The molecule has 38 heavy (non-hydrogen) atoms. The van der Waals surface area contributed by atoms with E-state index in [1.54, 1.807) is 41.3 Å². The second-order valence-electron chi connectivity index (χ2n) is 9.08. The molecule has 6 nitrogen and oxygen atoms in total. The molecule has 0 radical (unpaired) electrons. The van der Waals surface area contributed by atoms with Crippen LogP contribution in [-0.2, 0) is 0 Å². The number of rotatable bonds is 8. The van der Waals surface area contributed by atoms with Crippen molar-refractivity contribution in [2.45, 2.75) is 19.4 Å². The van der Waals surface area contributed by atoms with Crippen LogP contribution in [0.4, 0.5) is 4.39 Å². The summed E-state index contributed by atoms with van der Waals surface area (Å²) in [4.78, 5) is 36.3. The lowest BCUT2D eigenvalue weighted by atomic mass is 10.1. The molecular weight excluding hydrogens is 550 g/mol. The second kappa shape index (κ2) is 11.8. The van der Waals surface area contributed by atoms with E-state index in [1.807, 2.05) is 25.9 Å². The van der Waals surface area contributed by atoms with Crippen molar-refractivity contribution in [1.82, 2.24) is 19.4 Å². The van der Waals surface area contributed by atoms with Crippen molar-refractivity contribution in [3.63, 3.8) is 0 Å². The SMILES string of the molecule is CCC(c1nc2ccccc2c(=O)n1-c1ccc(F)c(Cl)c1)N(CCN(C)C)C(=O)c1ccc(Cl)cc1Cl. The van der Waals surface area contributed by atoms with E-state index in [-0.39, 0.29) is 27.1 Å². The van der Waals surface area contributed by atoms with Gasteiger partial charge >= 0.3 is 0 Å². The maximum atomic E-state index is 14.0. The average Bonchev–Trinajstić information content (AvgIpc) is 2.88. The first-order chi connectivity index (χ1) is 18.1. The summed E-state index contributed by atoms with van der Waals surface area (Å²) in [7, 11) is 3.81. The summed E-state index contributed by atoms with van der Waals surface area (Å²) in [5, 5.41) is 0.895. The highest BCUT2D eigenvalue weighted by Gasteiger charge is 2.31. The fraction of sp³-hybridized carbons (Fsp3) is 0.250. The maximum absolute atomic E-state index is 14.0. The van der Waals surface area contributed by atoms with Crippen molar-refractivity contribution < 1.29 is 9.18 Å². The van der Waals surface area contributed by atoms with Gasteiger partial charge in [0.1, 0.15) is 11.6 Å². The van der Waals surface area contributed by atoms with E-state index in [2.05, 4.69) is 0 Å². The lowest BCUT2D eigenvalue weighted by Crippen LogP contribution is -2.42. The van der Waals surface area contributed by atoms with E-state index in [1.165, 1.54) is 28.8 Å². The monoisotopic (exact) mass is 574 g/mol. The number of amides is 1. The Morgan fingerprint density at radius 3 is 2.39 bits per heavy atom. The molecule has 1 heterocycles. The summed E-state index contributed by atoms with van der Waals surface area (Å²) in [5.41, 5.74) is 0.765. The molecule has 0 aliphatic rings. The van der Waals surface area contributed by atoms with Crippen molar-refractivity contribution in [3.05, 3.63) is 103 Å². The fourth-order valence-corrected chi connectivity index (χ4v) is 4.98. The van der Waals surface area contributed by atoms with Gasteiger partial charge in [0.15, 0.2) is 0 Å². The third kappa shape index (κ3) is 5.71. The molecule has 0 bridgehead atoms. The van der Waals surface area contributed by atoms with Gasteiger partial charge in [0.2, 0.25) is 0 Å². The number of hydrogen-bond donors (Lipinski definition) is 0. The molecule has 4 rings (SSSR count). The number of halogens is 4. The molecule has 1 unspecified atom stereocenters. The van der Waals surface area contributed by atoms with E-state index in [0.29, 0.717) is 46.9 Å². The van der Waals surface area contributed by atoms with Gasteiger partial charge in [-0.15, -0.1) is 0 Å². The van der Waals surface area contributed by atoms with E-state index in [9.17, 15) is 14.0 Å². The van der Waals surface area contributed by atoms with Gasteiger partial charge < -0.3 is 9.80 Å². The van der Waals surface area contributed by atoms with Gasteiger partial charge in [0, 0.05) is 18.1 Å². The van der Waals surface area contributed by atoms with E-state index in [0.717, 1.165) is 0 Å². The summed E-state index contributed by atoms with van der Waals surface area (Å²) in [5.74, 6) is -0.603. The van der Waals surface area contributed by atoms with Crippen molar-refractivity contribution in [2.24, 2.45) is 0 Å². The third-order valence-corrected chi connectivity index (χ3v) is 7.07. The van der Waals surface area contributed by atoms with Crippen LogP contribution >= 0.6 is 34.8 Å². The van der Waals surface area contributed by atoms with Crippen LogP contribution in [-0.4, -0.2) is 52.4 Å². The number of nitrogens with zero attached hydrogens (tertiary/aromatic N) is 4. The van der Waals surface area contributed by atoms with Gasteiger partial charge in [0.05, 0.1) is 38.2 Å². The summed E-state index contributed by atoms with van der Waals surface area (Å²) < 4.78 is 15.4. The van der Waals surface area contributed by atoms with Gasteiger partial charge in [-0.1, -0.05) is 53.9 Å². The topological polar surface area (TPSA) is 58.4 Å². The third-order valence-electron chi connectivity index (χ3n) is 6.23. The molecule has 0 N–H and O–H groups in total. The average molecular weight is 576 g/mol. The summed E-state index contributed by atoms with van der Waals surface area (Å²) >= 11 is 18.6. The molecule has 0 aliphatic carbocycles. The van der Waals surface area contributed by atoms with Crippen LogP contribution in [0.15, 0.2) is 65.5 Å². The Hall–Kier alpha value is -2.97. The lowest BCUT2D eigenvalue weighted by molar-refractivity contribution is 0.0644. The highest BCUT2D eigenvalue weighted by Crippen LogP contribution is 2.30. The van der Waals surface area contributed by atoms with Crippen molar-refractivity contribution in [3.8, 4) is 5.69 Å². The molecule has 0 saturated heterocycles. The number of hydrogen-bond acceptors (Lipinski definition) is 4. The molecule has 3 aromatic carbocycles. The predicted molar refractivity (Wildman–Crippen MR) is 151 cm³/mol. The van der Waals surface area contributed by atoms with Crippen molar-refractivity contribution in [2.75, 3.05) is 27.2 Å². The number of para-hydroxylation sites is 1. The first-order valence-electron chi connectivity index (χ1n) is 12.0. The van der Waals surface area contributed by atoms with Gasteiger partial charge in [-0.25, -0.2) is 9.37 Å². The van der Waals surface area contributed by atoms with Crippen molar-refractivity contribution >= 4 is 51.6 Å². The van der Waals surface area contributed by atoms with E-state index < -0.39 is 11.9 Å². The Morgan fingerprint density at radius 2 is 1.74 bits per heavy atom. The Kier molecular flexibility index (Phi) is 8.73. The fourth-order valence-electron chi connectivity index (χ4n) is 4.31. The Morgan fingerprint density at radius 1 is 1.00 bits per heavy atom. The molecule has 1 atom stereocenters. The quantitative estimate of drug-likeness (QED) is 0.236. The number of aromatic nitrogens is 2. The van der Waals surface area contributed by atoms with Crippen LogP contribution < -0.4 is 5.56 Å². The van der Waals surface area contributed by atoms with E-state index in [4.69, 9.17) is 39.8 Å². The lowest BCUT2D eigenvalue weighted by Gasteiger charge is -2.33. The number of carbonyl (C=O) groups excluding carboxylic acids is 1. The molecule has 198 valence electrons. The number of fused-ring (bicyclic) bond motifs is 1. The van der Waals surface area contributed by atoms with Crippen LogP contribution in [0.3, 0.4) is 0 Å². The predicted octanol–water partition coefficient (Wildman–Crippen LogP) is 6.64. The standard InChI is InChI=1S/C28H26Cl3FN4O2/c1-4-25(35(14-13-34(2)3)27(37)19-11-9-17(29)15-21(19)30)26-33-24-8-6-5-7-20(24)28(38)36(26)18-10-12-23(32)22(31)16-18/h5-12,15-16,25H,4,13-14H2,1-3H3. The molecule has 10 heteroatoms. The minimum Gasteiger partial charge on any atom is -0.327 e. The Balaban J connectivity index is 1.96. The highest BCUT2D eigenvalue weighted by atomic mass is 35.5. The minimum atomic E-state index is -0.629. The normalized spacial score (nSPS) is 12.2. The maximum Gasteiger partial charge on any atom is 0.266 e. The molecule has 0 saturated carbocycles. The minimum absolute atomic E-state index is 0.130. The van der Waals surface area contributed by atoms with Crippen LogP contribution in [0.25, 0.3) is 16.6 Å².